The third-order valence-electron chi connectivity index (χ3n) is 6.90. The molecule has 0 fully saturated rings. The molecule has 0 spiro atoms. The van der Waals surface area contributed by atoms with Crippen molar-refractivity contribution in [3.05, 3.63) is 52.3 Å². The number of ether oxygens (including phenoxy) is 2. The number of anilines is 1. The summed E-state index contributed by atoms with van der Waals surface area (Å²) in [7, 11) is 0. The summed E-state index contributed by atoms with van der Waals surface area (Å²) in [6, 6.07) is 7.30. The minimum absolute atomic E-state index is 0.00482. The Morgan fingerprint density at radius 2 is 1.86 bits per heavy atom. The van der Waals surface area contributed by atoms with Gasteiger partial charge in [0.25, 0.3) is 0 Å². The lowest BCUT2D eigenvalue weighted by molar-refractivity contribution is -0.137. The number of Topliss-reactive ketones (excluding diaryl/α,β-unsaturated/α-hetero) is 1. The molecule has 9 heteroatoms. The number of hydrogen-bond acceptors (Lipinski definition) is 6. The average Bonchev–Trinajstić information content (AvgIpc) is 3.28. The topological polar surface area (TPSA) is 103 Å². The highest BCUT2D eigenvalue weighted by atomic mass is 19.1. The van der Waals surface area contributed by atoms with Crippen molar-refractivity contribution in [3.63, 3.8) is 0 Å². The van der Waals surface area contributed by atoms with Crippen LogP contribution in [0.3, 0.4) is 0 Å². The third kappa shape index (κ3) is 5.12. The molecule has 0 radical (unpaired) electrons. The Labute approximate surface area is 216 Å². The molecule has 0 aliphatic carbocycles. The highest BCUT2D eigenvalue weighted by Gasteiger charge is 2.36. The second-order valence-electron chi connectivity index (χ2n) is 10.1. The molecule has 0 bridgehead atoms. The highest BCUT2D eigenvalue weighted by Crippen LogP contribution is 2.42. The quantitative estimate of drug-likeness (QED) is 0.425. The van der Waals surface area contributed by atoms with E-state index in [1.165, 1.54) is 0 Å². The molecule has 198 valence electrons. The molecular formula is C28H34FN3O5. The number of amidine groups is 1. The normalized spacial score (nSPS) is 15.5. The number of benzene rings is 2. The zero-order chi connectivity index (χ0) is 26.9. The molecule has 8 nitrogen and oxygen atoms in total. The zero-order valence-electron chi connectivity index (χ0n) is 21.8. The second-order valence-corrected chi connectivity index (χ2v) is 10.1. The number of nitrogens with one attached hydrogen (secondary N) is 1. The maximum Gasteiger partial charge on any atom is 0.303 e. The number of nitrogens with zero attached hydrogens (tertiary/aromatic N) is 2. The maximum absolute atomic E-state index is 15.3. The first kappa shape index (κ1) is 26.4. The smallest absolute Gasteiger partial charge is 0.303 e. The van der Waals surface area contributed by atoms with E-state index in [2.05, 4.69) is 18.7 Å². The van der Waals surface area contributed by atoms with Gasteiger partial charge >= 0.3 is 5.97 Å². The van der Waals surface area contributed by atoms with Crippen molar-refractivity contribution in [3.8, 4) is 11.5 Å². The van der Waals surface area contributed by atoms with Gasteiger partial charge in [0, 0.05) is 42.7 Å². The molecule has 0 unspecified atom stereocenters. The number of carbonyl (C=O) groups is 2. The SMILES string of the molecule is CCOc1cc2c(c(F)c1OCC)C(=N)N(CC(=O)c1ccc3c(c1)C(C)(C)CN3CCCC(=O)O)C2. The number of carboxylic acid groups (broad SMARTS) is 1. The van der Waals surface area contributed by atoms with Crippen LogP contribution >= 0.6 is 0 Å². The summed E-state index contributed by atoms with van der Waals surface area (Å²) in [5.74, 6) is -1.35. The molecule has 2 aromatic carbocycles. The van der Waals surface area contributed by atoms with Crippen LogP contribution in [0.1, 0.15) is 67.6 Å². The monoisotopic (exact) mass is 511 g/mol. The number of fused-ring (bicyclic) bond motifs is 2. The Morgan fingerprint density at radius 1 is 1.14 bits per heavy atom. The number of carbonyl (C=O) groups excluding carboxylic acids is 1. The lowest BCUT2D eigenvalue weighted by Gasteiger charge is -2.22. The lowest BCUT2D eigenvalue weighted by Crippen LogP contribution is -2.30. The summed E-state index contributed by atoms with van der Waals surface area (Å²) in [6.45, 7) is 9.96. The minimum Gasteiger partial charge on any atom is -0.490 e. The molecular weight excluding hydrogens is 477 g/mol. The fraction of sp³-hybridized carbons (Fsp3) is 0.464. The van der Waals surface area contributed by atoms with E-state index in [1.807, 2.05) is 12.1 Å². The van der Waals surface area contributed by atoms with Gasteiger partial charge in [-0.25, -0.2) is 4.39 Å². The Bertz CT molecular complexity index is 1240. The maximum atomic E-state index is 15.3. The van der Waals surface area contributed by atoms with E-state index in [0.717, 1.165) is 17.8 Å². The van der Waals surface area contributed by atoms with Crippen LogP contribution in [0.15, 0.2) is 24.3 Å². The van der Waals surface area contributed by atoms with Crippen molar-refractivity contribution in [2.24, 2.45) is 0 Å². The molecule has 2 N–H and O–H groups in total. The molecule has 0 saturated carbocycles. The van der Waals surface area contributed by atoms with Crippen molar-refractivity contribution in [2.45, 2.75) is 52.5 Å². The average molecular weight is 512 g/mol. The summed E-state index contributed by atoms with van der Waals surface area (Å²) < 4.78 is 26.4. The third-order valence-corrected chi connectivity index (χ3v) is 6.90. The van der Waals surface area contributed by atoms with E-state index in [9.17, 15) is 9.59 Å². The van der Waals surface area contributed by atoms with E-state index >= 15 is 4.39 Å². The van der Waals surface area contributed by atoms with Gasteiger partial charge in [0.2, 0.25) is 0 Å². The zero-order valence-corrected chi connectivity index (χ0v) is 21.8. The van der Waals surface area contributed by atoms with Crippen molar-refractivity contribution < 1.29 is 28.6 Å². The predicted octanol–water partition coefficient (Wildman–Crippen LogP) is 4.61. The van der Waals surface area contributed by atoms with Crippen LogP contribution in [-0.4, -0.2) is 60.4 Å². The van der Waals surface area contributed by atoms with Crippen molar-refractivity contribution in [1.82, 2.24) is 4.90 Å². The van der Waals surface area contributed by atoms with E-state index < -0.39 is 11.8 Å². The van der Waals surface area contributed by atoms with Crippen molar-refractivity contribution >= 4 is 23.3 Å². The Hall–Kier alpha value is -3.62. The molecule has 2 aliphatic heterocycles. The van der Waals surface area contributed by atoms with Crippen LogP contribution in [0.2, 0.25) is 0 Å². The van der Waals surface area contributed by atoms with E-state index in [0.29, 0.717) is 36.4 Å². The Kier molecular flexibility index (Phi) is 7.43. The van der Waals surface area contributed by atoms with E-state index in [4.69, 9.17) is 20.0 Å². The highest BCUT2D eigenvalue weighted by molar-refractivity contribution is 6.06. The second kappa shape index (κ2) is 10.4. The lowest BCUT2D eigenvalue weighted by atomic mass is 9.85. The molecule has 37 heavy (non-hydrogen) atoms. The number of rotatable bonds is 11. The van der Waals surface area contributed by atoms with Crippen molar-refractivity contribution in [1.29, 1.82) is 5.41 Å². The molecule has 2 heterocycles. The molecule has 0 atom stereocenters. The number of aliphatic carboxylic acids is 1. The van der Waals surface area contributed by atoms with E-state index in [1.54, 1.807) is 30.9 Å². The number of hydrogen-bond donors (Lipinski definition) is 2. The summed E-state index contributed by atoms with van der Waals surface area (Å²) in [4.78, 5) is 27.9. The molecule has 2 aliphatic rings. The standard InChI is InChI=1S/C28H34FN3O5/c1-5-36-22-13-18-14-32(27(30)24(18)25(29)26(22)37-6-2)15-21(33)17-9-10-20-19(12-17)28(3,4)16-31(20)11-7-8-23(34)35/h9-10,12-13,30H,5-8,11,14-16H2,1-4H3,(H,34,35). The van der Waals surface area contributed by atoms with Gasteiger partial charge < -0.3 is 24.4 Å². The summed E-state index contributed by atoms with van der Waals surface area (Å²) >= 11 is 0. The van der Waals surface area contributed by atoms with Gasteiger partial charge in [-0.3, -0.25) is 15.0 Å². The van der Waals surface area contributed by atoms with Gasteiger partial charge in [0.1, 0.15) is 5.84 Å². The van der Waals surface area contributed by atoms with Gasteiger partial charge in [0.05, 0.1) is 25.3 Å². The number of halogens is 1. The van der Waals surface area contributed by atoms with E-state index in [-0.39, 0.29) is 54.5 Å². The summed E-state index contributed by atoms with van der Waals surface area (Å²) in [5, 5.41) is 17.5. The Morgan fingerprint density at radius 3 is 2.54 bits per heavy atom. The van der Waals surface area contributed by atoms with Gasteiger partial charge in [-0.2, -0.15) is 0 Å². The fourth-order valence-corrected chi connectivity index (χ4v) is 5.22. The van der Waals surface area contributed by atoms with Crippen LogP contribution in [-0.2, 0) is 16.8 Å². The molecule has 4 rings (SSSR count). The van der Waals surface area contributed by atoms with Gasteiger partial charge in [-0.05, 0) is 55.7 Å². The van der Waals surface area contributed by atoms with Gasteiger partial charge in [0.15, 0.2) is 23.1 Å². The van der Waals surface area contributed by atoms with Crippen molar-refractivity contribution in [2.75, 3.05) is 37.7 Å². The number of carboxylic acids is 1. The summed E-state index contributed by atoms with van der Waals surface area (Å²) in [6.07, 6.45) is 0.668. The molecule has 2 aromatic rings. The summed E-state index contributed by atoms with van der Waals surface area (Å²) in [5.41, 5.74) is 3.14. The number of ketones is 1. The predicted molar refractivity (Wildman–Crippen MR) is 139 cm³/mol. The van der Waals surface area contributed by atoms with Crippen LogP contribution in [0.4, 0.5) is 10.1 Å². The first-order valence-electron chi connectivity index (χ1n) is 12.7. The van der Waals surface area contributed by atoms with Crippen LogP contribution in [0, 0.1) is 11.2 Å². The first-order valence-corrected chi connectivity index (χ1v) is 12.7. The molecule has 0 aromatic heterocycles. The largest absolute Gasteiger partial charge is 0.490 e. The fourth-order valence-electron chi connectivity index (χ4n) is 5.22. The molecule has 0 saturated heterocycles. The minimum atomic E-state index is -0.808. The van der Waals surface area contributed by atoms with Gasteiger partial charge in [-0.15, -0.1) is 0 Å². The Balaban J connectivity index is 1.53. The van der Waals surface area contributed by atoms with Crippen LogP contribution < -0.4 is 14.4 Å². The first-order chi connectivity index (χ1) is 17.6. The van der Waals surface area contributed by atoms with Gasteiger partial charge in [-0.1, -0.05) is 13.8 Å². The van der Waals surface area contributed by atoms with Crippen LogP contribution in [0.5, 0.6) is 11.5 Å². The molecule has 0 amide bonds. The van der Waals surface area contributed by atoms with Crippen LogP contribution in [0.25, 0.3) is 0 Å².